The molecular formula is C16H20N2O4. The molecule has 0 spiro atoms. The van der Waals surface area contributed by atoms with E-state index in [0.29, 0.717) is 30.2 Å². The van der Waals surface area contributed by atoms with Crippen LogP contribution < -0.4 is 9.47 Å². The maximum atomic E-state index is 12.2. The van der Waals surface area contributed by atoms with Crippen molar-refractivity contribution in [3.63, 3.8) is 0 Å². The lowest BCUT2D eigenvalue weighted by Gasteiger charge is -2.35. The van der Waals surface area contributed by atoms with E-state index in [4.69, 9.17) is 19.5 Å². The molecule has 0 radical (unpaired) electrons. The maximum absolute atomic E-state index is 12.2. The van der Waals surface area contributed by atoms with E-state index in [1.807, 2.05) is 19.9 Å². The van der Waals surface area contributed by atoms with Crippen LogP contribution in [0.1, 0.15) is 19.4 Å². The van der Waals surface area contributed by atoms with Crippen molar-refractivity contribution in [1.82, 2.24) is 4.90 Å². The van der Waals surface area contributed by atoms with Gasteiger partial charge in [0.05, 0.1) is 31.0 Å². The normalized spacial score (nSPS) is 21.1. The molecule has 2 atom stereocenters. The largest absolute Gasteiger partial charge is 0.493 e. The smallest absolute Gasteiger partial charge is 0.260 e. The van der Waals surface area contributed by atoms with Gasteiger partial charge in [-0.1, -0.05) is 0 Å². The van der Waals surface area contributed by atoms with Gasteiger partial charge < -0.3 is 19.1 Å². The van der Waals surface area contributed by atoms with Crippen molar-refractivity contribution >= 4 is 5.91 Å². The summed E-state index contributed by atoms with van der Waals surface area (Å²) in [5.74, 6) is 0.799. The Hall–Kier alpha value is -2.26. The third kappa shape index (κ3) is 3.89. The van der Waals surface area contributed by atoms with Gasteiger partial charge in [0.1, 0.15) is 0 Å². The van der Waals surface area contributed by atoms with Crippen molar-refractivity contribution in [2.75, 3.05) is 26.8 Å². The minimum absolute atomic E-state index is 0.0251. The van der Waals surface area contributed by atoms with Gasteiger partial charge in [0.25, 0.3) is 5.91 Å². The van der Waals surface area contributed by atoms with Crippen LogP contribution >= 0.6 is 0 Å². The fourth-order valence-electron chi connectivity index (χ4n) is 2.47. The van der Waals surface area contributed by atoms with Gasteiger partial charge in [-0.15, -0.1) is 0 Å². The minimum atomic E-state index is -0.0894. The number of methoxy groups -OCH3 is 1. The molecule has 118 valence electrons. The van der Waals surface area contributed by atoms with Crippen LogP contribution in [0.15, 0.2) is 18.2 Å². The molecule has 1 aliphatic rings. The molecule has 1 fully saturated rings. The van der Waals surface area contributed by atoms with E-state index >= 15 is 0 Å². The van der Waals surface area contributed by atoms with Crippen LogP contribution in [-0.2, 0) is 9.53 Å². The molecule has 1 aromatic rings. The lowest BCUT2D eigenvalue weighted by molar-refractivity contribution is -0.145. The number of amides is 1. The molecule has 1 aliphatic heterocycles. The molecule has 0 saturated carbocycles. The molecular weight excluding hydrogens is 284 g/mol. The lowest BCUT2D eigenvalue weighted by Crippen LogP contribution is -2.49. The zero-order chi connectivity index (χ0) is 16.1. The Bertz CT molecular complexity index is 572. The molecule has 1 amide bonds. The van der Waals surface area contributed by atoms with Gasteiger partial charge in [0, 0.05) is 19.2 Å². The first kappa shape index (κ1) is 16.1. The van der Waals surface area contributed by atoms with Crippen LogP contribution in [0.4, 0.5) is 0 Å². The summed E-state index contributed by atoms with van der Waals surface area (Å²) < 4.78 is 16.3. The zero-order valence-corrected chi connectivity index (χ0v) is 13.0. The number of rotatable bonds is 4. The van der Waals surface area contributed by atoms with Crippen molar-refractivity contribution < 1.29 is 19.0 Å². The molecule has 1 saturated heterocycles. The predicted molar refractivity (Wildman–Crippen MR) is 79.8 cm³/mol. The van der Waals surface area contributed by atoms with Crippen LogP contribution in [0.5, 0.6) is 11.5 Å². The summed E-state index contributed by atoms with van der Waals surface area (Å²) in [4.78, 5) is 14.0. The van der Waals surface area contributed by atoms with E-state index in [1.165, 1.54) is 7.11 Å². The number of carbonyl (C=O) groups excluding carboxylic acids is 1. The average Bonchev–Trinajstić information content (AvgIpc) is 2.51. The highest BCUT2D eigenvalue weighted by molar-refractivity contribution is 5.78. The predicted octanol–water partition coefficient (Wildman–Crippen LogP) is 1.58. The third-order valence-electron chi connectivity index (χ3n) is 3.42. The van der Waals surface area contributed by atoms with Crippen LogP contribution in [-0.4, -0.2) is 49.8 Å². The lowest BCUT2D eigenvalue weighted by atomic mass is 10.2. The number of benzene rings is 1. The molecule has 0 N–H and O–H groups in total. The number of ether oxygens (including phenoxy) is 3. The topological polar surface area (TPSA) is 71.8 Å². The minimum Gasteiger partial charge on any atom is -0.493 e. The summed E-state index contributed by atoms with van der Waals surface area (Å²) in [6.45, 7) is 4.96. The highest BCUT2D eigenvalue weighted by atomic mass is 16.5. The number of nitrogens with zero attached hydrogens (tertiary/aromatic N) is 2. The Morgan fingerprint density at radius 3 is 2.64 bits per heavy atom. The average molecular weight is 304 g/mol. The van der Waals surface area contributed by atoms with Crippen LogP contribution in [0.25, 0.3) is 0 Å². The first-order valence-electron chi connectivity index (χ1n) is 7.17. The Balaban J connectivity index is 1.98. The molecule has 6 nitrogen and oxygen atoms in total. The van der Waals surface area contributed by atoms with Gasteiger partial charge in [-0.25, -0.2) is 0 Å². The number of hydrogen-bond acceptors (Lipinski definition) is 5. The van der Waals surface area contributed by atoms with Gasteiger partial charge in [0.15, 0.2) is 18.1 Å². The van der Waals surface area contributed by atoms with E-state index in [1.54, 1.807) is 23.1 Å². The van der Waals surface area contributed by atoms with Crippen molar-refractivity contribution in [3.05, 3.63) is 23.8 Å². The maximum Gasteiger partial charge on any atom is 0.260 e. The Morgan fingerprint density at radius 1 is 1.36 bits per heavy atom. The van der Waals surface area contributed by atoms with E-state index in [-0.39, 0.29) is 24.7 Å². The summed E-state index contributed by atoms with van der Waals surface area (Å²) in [6, 6.07) is 6.87. The quantitative estimate of drug-likeness (QED) is 0.844. The molecule has 1 aromatic carbocycles. The third-order valence-corrected chi connectivity index (χ3v) is 3.42. The molecule has 22 heavy (non-hydrogen) atoms. The first-order valence-corrected chi connectivity index (χ1v) is 7.17. The van der Waals surface area contributed by atoms with Crippen LogP contribution in [0.2, 0.25) is 0 Å². The number of morpholine rings is 1. The second-order valence-electron chi connectivity index (χ2n) is 5.32. The molecule has 2 rings (SSSR count). The highest BCUT2D eigenvalue weighted by Crippen LogP contribution is 2.27. The number of nitriles is 1. The van der Waals surface area contributed by atoms with Gasteiger partial charge in [0.2, 0.25) is 0 Å². The van der Waals surface area contributed by atoms with Crippen molar-refractivity contribution in [1.29, 1.82) is 5.26 Å². The fourth-order valence-corrected chi connectivity index (χ4v) is 2.47. The van der Waals surface area contributed by atoms with Gasteiger partial charge >= 0.3 is 0 Å². The molecule has 0 bridgehead atoms. The van der Waals surface area contributed by atoms with E-state index in [0.717, 1.165) is 0 Å². The van der Waals surface area contributed by atoms with E-state index < -0.39 is 0 Å². The fraction of sp³-hybridized carbons (Fsp3) is 0.500. The summed E-state index contributed by atoms with van der Waals surface area (Å²) in [5.41, 5.74) is 0.478. The second kappa shape index (κ2) is 7.14. The first-order chi connectivity index (χ1) is 10.5. The highest BCUT2D eigenvalue weighted by Gasteiger charge is 2.26. The summed E-state index contributed by atoms with van der Waals surface area (Å²) in [7, 11) is 1.50. The van der Waals surface area contributed by atoms with Crippen LogP contribution in [0.3, 0.4) is 0 Å². The van der Waals surface area contributed by atoms with Gasteiger partial charge in [-0.3, -0.25) is 4.79 Å². The van der Waals surface area contributed by atoms with Gasteiger partial charge in [-0.05, 0) is 26.0 Å². The summed E-state index contributed by atoms with van der Waals surface area (Å²) in [6.07, 6.45) is 0.0503. The van der Waals surface area contributed by atoms with Crippen molar-refractivity contribution in [2.45, 2.75) is 26.1 Å². The van der Waals surface area contributed by atoms with Crippen LogP contribution in [0, 0.1) is 11.3 Å². The van der Waals surface area contributed by atoms with E-state index in [9.17, 15) is 4.79 Å². The van der Waals surface area contributed by atoms with Crippen molar-refractivity contribution in [2.24, 2.45) is 0 Å². The Labute approximate surface area is 130 Å². The molecule has 1 heterocycles. The zero-order valence-electron chi connectivity index (χ0n) is 13.0. The molecule has 0 aliphatic carbocycles. The monoisotopic (exact) mass is 304 g/mol. The van der Waals surface area contributed by atoms with Crippen molar-refractivity contribution in [3.8, 4) is 17.6 Å². The number of hydrogen-bond donors (Lipinski definition) is 0. The summed E-state index contributed by atoms with van der Waals surface area (Å²) >= 11 is 0. The Kier molecular flexibility index (Phi) is 5.23. The van der Waals surface area contributed by atoms with Gasteiger partial charge in [-0.2, -0.15) is 5.26 Å². The Morgan fingerprint density at radius 2 is 2.05 bits per heavy atom. The number of carbonyl (C=O) groups is 1. The molecule has 0 unspecified atom stereocenters. The molecule has 6 heteroatoms. The van der Waals surface area contributed by atoms with E-state index in [2.05, 4.69) is 0 Å². The molecule has 0 aromatic heterocycles. The standard InChI is InChI=1S/C16H20N2O4/c1-11-8-18(9-12(2)22-11)16(19)10-21-14-5-4-13(7-17)6-15(14)20-3/h4-6,11-12H,8-10H2,1-3H3/t11-,12-/m1/s1. The second-order valence-corrected chi connectivity index (χ2v) is 5.32. The SMILES string of the molecule is COc1cc(C#N)ccc1OCC(=O)N1C[C@@H](C)O[C@H](C)C1. The summed E-state index contributed by atoms with van der Waals surface area (Å²) in [5, 5.41) is 8.87.